The number of fused-ring (bicyclic) bond motifs is 1. The van der Waals surface area contributed by atoms with E-state index in [9.17, 15) is 0 Å². The molecule has 0 fully saturated rings. The molecule has 0 amide bonds. The molecule has 0 aromatic carbocycles. The highest BCUT2D eigenvalue weighted by molar-refractivity contribution is 9.10. The summed E-state index contributed by atoms with van der Waals surface area (Å²) in [5, 5.41) is 7.91. The third-order valence-electron chi connectivity index (χ3n) is 1.89. The van der Waals surface area contributed by atoms with Crippen LogP contribution in [0, 0.1) is 0 Å². The summed E-state index contributed by atoms with van der Waals surface area (Å²) in [6, 6.07) is 0. The van der Waals surface area contributed by atoms with Gasteiger partial charge in [0.25, 0.3) is 0 Å². The highest BCUT2D eigenvalue weighted by atomic mass is 79.9. The van der Waals surface area contributed by atoms with E-state index in [-0.39, 0.29) is 0 Å². The molecule has 0 atom stereocenters. The van der Waals surface area contributed by atoms with E-state index < -0.39 is 0 Å². The molecule has 0 aliphatic heterocycles. The molecule has 0 bridgehead atoms. The number of halogens is 1. The standard InChI is InChI=1S/C7H8BrN3/c8-7-9-5-3-1-2-4-6(5)10-11-7/h1-4H2. The fraction of sp³-hybridized carbons (Fsp3) is 0.571. The molecule has 0 saturated heterocycles. The van der Waals surface area contributed by atoms with E-state index in [1.165, 1.54) is 12.8 Å². The smallest absolute Gasteiger partial charge is 0.218 e. The van der Waals surface area contributed by atoms with Gasteiger partial charge in [-0.2, -0.15) is 5.10 Å². The lowest BCUT2D eigenvalue weighted by Gasteiger charge is -2.11. The molecule has 58 valence electrons. The third kappa shape index (κ3) is 1.40. The Morgan fingerprint density at radius 3 is 2.55 bits per heavy atom. The van der Waals surface area contributed by atoms with Crippen molar-refractivity contribution >= 4 is 15.9 Å². The van der Waals surface area contributed by atoms with Crippen LogP contribution in [-0.2, 0) is 12.8 Å². The van der Waals surface area contributed by atoms with Crippen LogP contribution in [0.15, 0.2) is 4.73 Å². The molecule has 0 unspecified atom stereocenters. The molecule has 1 aromatic heterocycles. The lowest BCUT2D eigenvalue weighted by atomic mass is 10.0. The Hall–Kier alpha value is -0.510. The highest BCUT2D eigenvalue weighted by Crippen LogP contribution is 2.17. The van der Waals surface area contributed by atoms with Crippen LogP contribution in [0.5, 0.6) is 0 Å². The first-order chi connectivity index (χ1) is 5.36. The zero-order chi connectivity index (χ0) is 7.68. The summed E-state index contributed by atoms with van der Waals surface area (Å²) >= 11 is 3.21. The Bertz CT molecular complexity index is 274. The summed E-state index contributed by atoms with van der Waals surface area (Å²) in [7, 11) is 0. The molecule has 1 heterocycles. The second kappa shape index (κ2) is 2.85. The minimum Gasteiger partial charge on any atom is -0.224 e. The maximum absolute atomic E-state index is 4.26. The minimum atomic E-state index is 0.609. The van der Waals surface area contributed by atoms with Gasteiger partial charge in [-0.1, -0.05) is 0 Å². The summed E-state index contributed by atoms with van der Waals surface area (Å²) in [4.78, 5) is 4.26. The molecular formula is C7H8BrN3. The second-order valence-corrected chi connectivity index (χ2v) is 3.39. The van der Waals surface area contributed by atoms with Gasteiger partial charge >= 0.3 is 0 Å². The van der Waals surface area contributed by atoms with E-state index in [0.29, 0.717) is 4.73 Å². The van der Waals surface area contributed by atoms with E-state index >= 15 is 0 Å². The normalized spacial score (nSPS) is 16.1. The first-order valence-corrected chi connectivity index (χ1v) is 4.53. The minimum absolute atomic E-state index is 0.609. The van der Waals surface area contributed by atoms with Gasteiger partial charge in [-0.15, -0.1) is 5.10 Å². The quantitative estimate of drug-likeness (QED) is 0.657. The average molecular weight is 214 g/mol. The van der Waals surface area contributed by atoms with Crippen molar-refractivity contribution in [2.24, 2.45) is 0 Å². The number of nitrogens with zero attached hydrogens (tertiary/aromatic N) is 3. The number of aromatic nitrogens is 3. The van der Waals surface area contributed by atoms with Crippen molar-refractivity contribution in [1.29, 1.82) is 0 Å². The Labute approximate surface area is 73.4 Å². The Morgan fingerprint density at radius 2 is 1.73 bits per heavy atom. The van der Waals surface area contributed by atoms with Crippen LogP contribution < -0.4 is 0 Å². The highest BCUT2D eigenvalue weighted by Gasteiger charge is 2.12. The van der Waals surface area contributed by atoms with Crippen LogP contribution >= 0.6 is 15.9 Å². The van der Waals surface area contributed by atoms with E-state index in [0.717, 1.165) is 24.2 Å². The average Bonchev–Trinajstić information content (AvgIpc) is 2.04. The molecule has 1 aliphatic carbocycles. The maximum Gasteiger partial charge on any atom is 0.218 e. The van der Waals surface area contributed by atoms with Gasteiger partial charge in [0, 0.05) is 0 Å². The zero-order valence-corrected chi connectivity index (χ0v) is 7.63. The molecule has 1 aromatic rings. The van der Waals surface area contributed by atoms with Crippen molar-refractivity contribution in [2.75, 3.05) is 0 Å². The fourth-order valence-electron chi connectivity index (χ4n) is 1.34. The van der Waals surface area contributed by atoms with Crippen molar-refractivity contribution in [3.05, 3.63) is 16.1 Å². The van der Waals surface area contributed by atoms with Crippen LogP contribution in [0.3, 0.4) is 0 Å². The topological polar surface area (TPSA) is 38.7 Å². The van der Waals surface area contributed by atoms with Crippen LogP contribution in [-0.4, -0.2) is 15.2 Å². The number of hydrogen-bond acceptors (Lipinski definition) is 3. The van der Waals surface area contributed by atoms with Gasteiger partial charge in [-0.3, -0.25) is 0 Å². The van der Waals surface area contributed by atoms with Crippen LogP contribution in [0.1, 0.15) is 24.2 Å². The van der Waals surface area contributed by atoms with E-state index in [1.54, 1.807) is 0 Å². The summed E-state index contributed by atoms with van der Waals surface area (Å²) in [6.45, 7) is 0. The van der Waals surface area contributed by atoms with E-state index in [2.05, 4.69) is 31.1 Å². The zero-order valence-electron chi connectivity index (χ0n) is 6.05. The summed E-state index contributed by atoms with van der Waals surface area (Å²) < 4.78 is 0.609. The largest absolute Gasteiger partial charge is 0.224 e. The van der Waals surface area contributed by atoms with Crippen molar-refractivity contribution < 1.29 is 0 Å². The van der Waals surface area contributed by atoms with Crippen LogP contribution in [0.4, 0.5) is 0 Å². The molecule has 3 nitrogen and oxygen atoms in total. The lowest BCUT2D eigenvalue weighted by molar-refractivity contribution is 0.627. The summed E-state index contributed by atoms with van der Waals surface area (Å²) in [5.41, 5.74) is 2.21. The number of rotatable bonds is 0. The first kappa shape index (κ1) is 7.16. The monoisotopic (exact) mass is 213 g/mol. The Balaban J connectivity index is 2.43. The summed E-state index contributed by atoms with van der Waals surface area (Å²) in [5.74, 6) is 0. The van der Waals surface area contributed by atoms with Crippen molar-refractivity contribution in [3.63, 3.8) is 0 Å². The van der Waals surface area contributed by atoms with Crippen LogP contribution in [0.2, 0.25) is 0 Å². The molecule has 4 heteroatoms. The molecule has 1 aliphatic rings. The van der Waals surface area contributed by atoms with Gasteiger partial charge < -0.3 is 0 Å². The van der Waals surface area contributed by atoms with Gasteiger partial charge in [0.15, 0.2) is 0 Å². The SMILES string of the molecule is Brc1nnc2c(n1)CCCC2. The first-order valence-electron chi connectivity index (χ1n) is 3.74. The third-order valence-corrected chi connectivity index (χ3v) is 2.23. The van der Waals surface area contributed by atoms with Gasteiger partial charge in [-0.25, -0.2) is 4.98 Å². The molecule has 0 saturated carbocycles. The van der Waals surface area contributed by atoms with E-state index in [1.807, 2.05) is 0 Å². The summed E-state index contributed by atoms with van der Waals surface area (Å²) in [6.07, 6.45) is 4.56. The van der Waals surface area contributed by atoms with Crippen molar-refractivity contribution in [3.8, 4) is 0 Å². The predicted molar refractivity (Wildman–Crippen MR) is 44.2 cm³/mol. The molecular weight excluding hydrogens is 206 g/mol. The number of hydrogen-bond donors (Lipinski definition) is 0. The molecule has 0 spiro atoms. The number of aryl methyl sites for hydroxylation is 2. The van der Waals surface area contributed by atoms with Crippen molar-refractivity contribution in [2.45, 2.75) is 25.7 Å². The van der Waals surface area contributed by atoms with Gasteiger partial charge in [0.05, 0.1) is 11.4 Å². The maximum atomic E-state index is 4.26. The molecule has 0 N–H and O–H groups in total. The van der Waals surface area contributed by atoms with Gasteiger partial charge in [-0.05, 0) is 41.6 Å². The Morgan fingerprint density at radius 1 is 1.00 bits per heavy atom. The molecule has 0 radical (unpaired) electrons. The van der Waals surface area contributed by atoms with E-state index in [4.69, 9.17) is 0 Å². The van der Waals surface area contributed by atoms with Crippen molar-refractivity contribution in [1.82, 2.24) is 15.2 Å². The predicted octanol–water partition coefficient (Wildman–Crippen LogP) is 1.51. The second-order valence-electron chi connectivity index (χ2n) is 2.68. The van der Waals surface area contributed by atoms with Gasteiger partial charge in [0.1, 0.15) is 0 Å². The Kier molecular flexibility index (Phi) is 1.85. The van der Waals surface area contributed by atoms with Gasteiger partial charge in [0.2, 0.25) is 4.73 Å². The lowest BCUT2D eigenvalue weighted by Crippen LogP contribution is -2.09. The molecule has 11 heavy (non-hydrogen) atoms. The molecule has 2 rings (SSSR count). The van der Waals surface area contributed by atoms with Crippen LogP contribution in [0.25, 0.3) is 0 Å². The fourth-order valence-corrected chi connectivity index (χ4v) is 1.63.